The summed E-state index contributed by atoms with van der Waals surface area (Å²) in [5.74, 6) is 1.29. The molecule has 0 radical (unpaired) electrons. The first-order valence-corrected chi connectivity index (χ1v) is 11.1. The summed E-state index contributed by atoms with van der Waals surface area (Å²) in [6.45, 7) is 13.1. The number of fused-ring (bicyclic) bond motifs is 1. The van der Waals surface area contributed by atoms with Crippen molar-refractivity contribution in [3.8, 4) is 11.5 Å². The Morgan fingerprint density at radius 1 is 1.09 bits per heavy atom. The molecule has 0 spiro atoms. The molecule has 0 bridgehead atoms. The Hall–Kier alpha value is -3.19. The lowest BCUT2D eigenvalue weighted by Gasteiger charge is -2.19. The average molecular weight is 434 g/mol. The molecule has 0 fully saturated rings. The van der Waals surface area contributed by atoms with Gasteiger partial charge in [-0.3, -0.25) is 18.9 Å². The van der Waals surface area contributed by atoms with Crippen molar-refractivity contribution >= 4 is 11.0 Å². The van der Waals surface area contributed by atoms with Crippen molar-refractivity contribution in [2.75, 3.05) is 13.1 Å². The molecule has 32 heavy (non-hydrogen) atoms. The Balaban J connectivity index is 1.79. The van der Waals surface area contributed by atoms with Crippen molar-refractivity contribution in [1.29, 1.82) is 0 Å². The highest BCUT2D eigenvalue weighted by molar-refractivity contribution is 5.82. The van der Waals surface area contributed by atoms with Gasteiger partial charge in [0.25, 0.3) is 5.56 Å². The van der Waals surface area contributed by atoms with Crippen LogP contribution >= 0.6 is 0 Å². The quantitative estimate of drug-likeness (QED) is 0.437. The third-order valence-electron chi connectivity index (χ3n) is 6.09. The molecule has 7 nitrogen and oxygen atoms in total. The third kappa shape index (κ3) is 4.00. The van der Waals surface area contributed by atoms with Crippen molar-refractivity contribution < 1.29 is 4.42 Å². The van der Waals surface area contributed by atoms with E-state index in [0.717, 1.165) is 58.7 Å². The van der Waals surface area contributed by atoms with Crippen LogP contribution in [0.3, 0.4) is 0 Å². The lowest BCUT2D eigenvalue weighted by molar-refractivity contribution is 0.296. The van der Waals surface area contributed by atoms with Gasteiger partial charge < -0.3 is 4.42 Å². The van der Waals surface area contributed by atoms with E-state index in [0.29, 0.717) is 18.2 Å². The van der Waals surface area contributed by atoms with Crippen molar-refractivity contribution in [3.63, 3.8) is 0 Å². The zero-order chi connectivity index (χ0) is 23.0. The van der Waals surface area contributed by atoms with Crippen molar-refractivity contribution in [3.05, 3.63) is 69.0 Å². The number of benzene rings is 1. The number of aromatic nitrogens is 4. The first-order chi connectivity index (χ1) is 15.3. The van der Waals surface area contributed by atoms with E-state index in [1.807, 2.05) is 52.1 Å². The second kappa shape index (κ2) is 8.74. The normalized spacial score (nSPS) is 11.7. The minimum absolute atomic E-state index is 0.0536. The largest absolute Gasteiger partial charge is 0.441 e. The molecule has 0 N–H and O–H groups in total. The summed E-state index contributed by atoms with van der Waals surface area (Å²) in [6.07, 6.45) is 0. The maximum Gasteiger partial charge on any atom is 0.252 e. The highest BCUT2D eigenvalue weighted by atomic mass is 16.4. The summed E-state index contributed by atoms with van der Waals surface area (Å²) in [7, 11) is 1.89. The Labute approximate surface area is 188 Å². The second-order valence-electron chi connectivity index (χ2n) is 8.35. The highest BCUT2D eigenvalue weighted by Crippen LogP contribution is 2.25. The predicted molar refractivity (Wildman–Crippen MR) is 127 cm³/mol. The molecule has 7 heteroatoms. The van der Waals surface area contributed by atoms with Crippen LogP contribution in [0.1, 0.15) is 42.1 Å². The molecule has 0 unspecified atom stereocenters. The molecule has 168 valence electrons. The monoisotopic (exact) mass is 433 g/mol. The molecule has 0 atom stereocenters. The van der Waals surface area contributed by atoms with Gasteiger partial charge in [0.05, 0.1) is 12.2 Å². The molecule has 0 saturated heterocycles. The van der Waals surface area contributed by atoms with Gasteiger partial charge in [0.1, 0.15) is 17.1 Å². The van der Waals surface area contributed by atoms with E-state index in [2.05, 4.69) is 23.8 Å². The third-order valence-corrected chi connectivity index (χ3v) is 6.09. The maximum absolute atomic E-state index is 13.3. The molecule has 4 aromatic rings. The molecule has 3 aromatic heterocycles. The van der Waals surface area contributed by atoms with E-state index in [1.54, 1.807) is 15.3 Å². The number of rotatable bonds is 7. The molecule has 0 saturated carbocycles. The SMILES string of the molecule is CCN(CC)Cc1cc(=O)n(Cc2nc(-c3cccc(C)c3)oc2C)c2c1c(C)nn2C. The van der Waals surface area contributed by atoms with Crippen molar-refractivity contribution in [2.45, 2.75) is 47.7 Å². The lowest BCUT2D eigenvalue weighted by Crippen LogP contribution is -2.27. The van der Waals surface area contributed by atoms with Crippen LogP contribution in [0.4, 0.5) is 0 Å². The first-order valence-electron chi connectivity index (χ1n) is 11.1. The topological polar surface area (TPSA) is 69.1 Å². The van der Waals surface area contributed by atoms with Crippen LogP contribution in [0.5, 0.6) is 0 Å². The van der Waals surface area contributed by atoms with Gasteiger partial charge in [-0.2, -0.15) is 5.10 Å². The minimum atomic E-state index is -0.0536. The summed E-state index contributed by atoms with van der Waals surface area (Å²) in [5, 5.41) is 5.67. The smallest absolute Gasteiger partial charge is 0.252 e. The van der Waals surface area contributed by atoms with Crippen LogP contribution in [0.2, 0.25) is 0 Å². The predicted octanol–water partition coefficient (Wildman–Crippen LogP) is 4.21. The van der Waals surface area contributed by atoms with E-state index in [-0.39, 0.29) is 5.56 Å². The fourth-order valence-electron chi connectivity index (χ4n) is 4.33. The molecule has 4 rings (SSSR count). The van der Waals surface area contributed by atoms with E-state index in [9.17, 15) is 4.79 Å². The fraction of sp³-hybridized carbons (Fsp3) is 0.400. The van der Waals surface area contributed by atoms with Crippen LogP contribution in [0, 0.1) is 20.8 Å². The summed E-state index contributed by atoms with van der Waals surface area (Å²) in [5.41, 5.74) is 5.54. The molecule has 1 aromatic carbocycles. The number of hydrogen-bond donors (Lipinski definition) is 0. The Bertz CT molecular complexity index is 1320. The molecular weight excluding hydrogens is 402 g/mol. The Morgan fingerprint density at radius 3 is 2.53 bits per heavy atom. The first kappa shape index (κ1) is 22.0. The average Bonchev–Trinajstić information content (AvgIpc) is 3.27. The standard InChI is InChI=1S/C25H31N5O2/c1-7-29(8-2)14-20-13-22(31)30(25-23(20)17(4)27-28(25)6)15-21-18(5)32-24(26-21)19-11-9-10-16(3)12-19/h9-13H,7-8,14-15H2,1-6H3. The Kier molecular flexibility index (Phi) is 6.02. The Morgan fingerprint density at radius 2 is 1.84 bits per heavy atom. The van der Waals surface area contributed by atoms with Crippen LogP contribution in [0.15, 0.2) is 39.5 Å². The van der Waals surface area contributed by atoms with Gasteiger partial charge in [-0.25, -0.2) is 4.98 Å². The minimum Gasteiger partial charge on any atom is -0.441 e. The molecule has 0 aliphatic rings. The number of oxazole rings is 1. The van der Waals surface area contributed by atoms with E-state index < -0.39 is 0 Å². The zero-order valence-electron chi connectivity index (χ0n) is 19.8. The van der Waals surface area contributed by atoms with Crippen molar-refractivity contribution in [1.82, 2.24) is 24.2 Å². The summed E-state index contributed by atoms with van der Waals surface area (Å²) >= 11 is 0. The van der Waals surface area contributed by atoms with Gasteiger partial charge in [-0.05, 0) is 51.6 Å². The summed E-state index contributed by atoms with van der Waals surface area (Å²) in [4.78, 5) is 20.3. The maximum atomic E-state index is 13.3. The second-order valence-corrected chi connectivity index (χ2v) is 8.35. The number of nitrogens with zero attached hydrogens (tertiary/aromatic N) is 5. The number of aryl methyl sites for hydroxylation is 4. The van der Waals surface area contributed by atoms with Gasteiger partial charge >= 0.3 is 0 Å². The van der Waals surface area contributed by atoms with Gasteiger partial charge in [0, 0.05) is 30.6 Å². The van der Waals surface area contributed by atoms with Crippen LogP contribution in [-0.2, 0) is 20.1 Å². The molecule has 0 aliphatic carbocycles. The van der Waals surface area contributed by atoms with E-state index in [4.69, 9.17) is 9.40 Å². The molecule has 0 amide bonds. The van der Waals surface area contributed by atoms with Gasteiger partial charge in [-0.15, -0.1) is 0 Å². The van der Waals surface area contributed by atoms with Gasteiger partial charge in [0.15, 0.2) is 0 Å². The van der Waals surface area contributed by atoms with Crippen LogP contribution in [0.25, 0.3) is 22.5 Å². The summed E-state index contributed by atoms with van der Waals surface area (Å²) < 4.78 is 9.52. The van der Waals surface area contributed by atoms with Crippen molar-refractivity contribution in [2.24, 2.45) is 7.05 Å². The molecule has 0 aliphatic heterocycles. The zero-order valence-corrected chi connectivity index (χ0v) is 19.8. The molecule has 3 heterocycles. The van der Waals surface area contributed by atoms with Gasteiger partial charge in [0.2, 0.25) is 5.89 Å². The van der Waals surface area contributed by atoms with E-state index >= 15 is 0 Å². The highest BCUT2D eigenvalue weighted by Gasteiger charge is 2.20. The van der Waals surface area contributed by atoms with Crippen LogP contribution in [-0.4, -0.2) is 37.3 Å². The lowest BCUT2D eigenvalue weighted by atomic mass is 10.1. The summed E-state index contributed by atoms with van der Waals surface area (Å²) in [6, 6.07) is 9.82. The van der Waals surface area contributed by atoms with E-state index in [1.165, 1.54) is 0 Å². The molecular formula is C25H31N5O2. The van der Waals surface area contributed by atoms with Gasteiger partial charge in [-0.1, -0.05) is 31.5 Å². The number of pyridine rings is 1. The fourth-order valence-corrected chi connectivity index (χ4v) is 4.33. The number of hydrogen-bond acceptors (Lipinski definition) is 5. The van der Waals surface area contributed by atoms with Crippen LogP contribution < -0.4 is 5.56 Å².